The Hall–Kier alpha value is -2.64. The molecule has 0 N–H and O–H groups in total. The van der Waals surface area contributed by atoms with Gasteiger partial charge in [0.1, 0.15) is 6.61 Å². The number of ether oxygens (including phenoxy) is 5. The van der Waals surface area contributed by atoms with Gasteiger partial charge in [0, 0.05) is 12.1 Å². The van der Waals surface area contributed by atoms with Crippen LogP contribution in [-0.4, -0.2) is 46.2 Å². The predicted octanol–water partition coefficient (Wildman–Crippen LogP) is 2.19. The lowest BCUT2D eigenvalue weighted by Crippen LogP contribution is -2.39. The number of anilines is 1. The molecule has 1 atom stereocenters. The highest BCUT2D eigenvalue weighted by atomic mass is 16.8. The summed E-state index contributed by atoms with van der Waals surface area (Å²) in [6.07, 6.45) is -1.85. The molecular formula is C14H17NO7. The molecule has 1 aromatic rings. The Morgan fingerprint density at radius 3 is 2.18 bits per heavy atom. The summed E-state index contributed by atoms with van der Waals surface area (Å²) in [5, 5.41) is 0. The first kappa shape index (κ1) is 15.7. The van der Waals surface area contributed by atoms with Gasteiger partial charge in [0.05, 0.1) is 33.1 Å². The molecule has 0 aromatic heterocycles. The summed E-state index contributed by atoms with van der Waals surface area (Å²) in [5.41, 5.74) is 0.435. The molecule has 2 rings (SSSR count). The van der Waals surface area contributed by atoms with Crippen molar-refractivity contribution in [1.29, 1.82) is 0 Å². The molecule has 1 amide bonds. The fourth-order valence-corrected chi connectivity index (χ4v) is 2.16. The molecule has 0 saturated carbocycles. The summed E-state index contributed by atoms with van der Waals surface area (Å²) >= 11 is 0. The predicted molar refractivity (Wildman–Crippen MR) is 75.9 cm³/mol. The molecule has 120 valence electrons. The zero-order valence-electron chi connectivity index (χ0n) is 12.7. The van der Waals surface area contributed by atoms with Crippen LogP contribution in [0, 0.1) is 0 Å². The molecule has 8 heteroatoms. The maximum absolute atomic E-state index is 12.1. The van der Waals surface area contributed by atoms with Crippen molar-refractivity contribution in [3.8, 4) is 17.2 Å². The van der Waals surface area contributed by atoms with E-state index in [1.165, 1.54) is 26.2 Å². The lowest BCUT2D eigenvalue weighted by molar-refractivity contribution is 0.0878. The molecule has 0 radical (unpaired) electrons. The van der Waals surface area contributed by atoms with Crippen LogP contribution in [0.15, 0.2) is 12.1 Å². The number of cyclic esters (lactones) is 3. The quantitative estimate of drug-likeness (QED) is 0.622. The van der Waals surface area contributed by atoms with Gasteiger partial charge in [-0.1, -0.05) is 0 Å². The standard InChI is InChI=1S/C14H17NO7/c1-8-7-21-14(17)22-13(16)15(8)9-5-10(18-2)12(20-4)11(6-9)19-3/h5-6,8H,7H2,1-4H3/t8-/m0/s1. The summed E-state index contributed by atoms with van der Waals surface area (Å²) in [7, 11) is 4.42. The normalized spacial score (nSPS) is 18.2. The van der Waals surface area contributed by atoms with Gasteiger partial charge >= 0.3 is 12.2 Å². The van der Waals surface area contributed by atoms with Crippen molar-refractivity contribution in [2.24, 2.45) is 0 Å². The highest BCUT2D eigenvalue weighted by Gasteiger charge is 2.32. The number of rotatable bonds is 4. The molecule has 22 heavy (non-hydrogen) atoms. The topological polar surface area (TPSA) is 83.5 Å². The minimum atomic E-state index is -1.02. The first-order valence-electron chi connectivity index (χ1n) is 6.49. The van der Waals surface area contributed by atoms with Crippen LogP contribution in [0.1, 0.15) is 6.92 Å². The van der Waals surface area contributed by atoms with Crippen LogP contribution < -0.4 is 19.1 Å². The van der Waals surface area contributed by atoms with E-state index in [2.05, 4.69) is 4.74 Å². The van der Waals surface area contributed by atoms with Crippen LogP contribution in [0.25, 0.3) is 0 Å². The number of amides is 1. The lowest BCUT2D eigenvalue weighted by atomic mass is 10.2. The van der Waals surface area contributed by atoms with Gasteiger partial charge in [0.2, 0.25) is 5.75 Å². The van der Waals surface area contributed by atoms with Crippen LogP contribution in [0.5, 0.6) is 17.2 Å². The third-order valence-corrected chi connectivity index (χ3v) is 3.18. The van der Waals surface area contributed by atoms with Crippen molar-refractivity contribution >= 4 is 17.9 Å². The summed E-state index contributed by atoms with van der Waals surface area (Å²) in [6.45, 7) is 1.74. The van der Waals surface area contributed by atoms with E-state index in [9.17, 15) is 9.59 Å². The molecule has 1 heterocycles. The molecule has 1 aromatic carbocycles. The Labute approximate surface area is 127 Å². The SMILES string of the molecule is COc1cc(N2C(=O)OC(=O)OC[C@@H]2C)cc(OC)c1OC. The minimum absolute atomic E-state index is 0.0151. The van der Waals surface area contributed by atoms with E-state index in [0.29, 0.717) is 22.9 Å². The molecule has 1 saturated heterocycles. The second-order valence-electron chi connectivity index (χ2n) is 4.53. The van der Waals surface area contributed by atoms with Crippen molar-refractivity contribution in [2.45, 2.75) is 13.0 Å². The summed E-state index contributed by atoms with van der Waals surface area (Å²) in [6, 6.07) is 2.77. The third kappa shape index (κ3) is 2.85. The average Bonchev–Trinajstić information content (AvgIpc) is 2.63. The van der Waals surface area contributed by atoms with Gasteiger partial charge in [-0.25, -0.2) is 9.59 Å². The van der Waals surface area contributed by atoms with Crippen molar-refractivity contribution < 1.29 is 33.3 Å². The van der Waals surface area contributed by atoms with Crippen LogP contribution >= 0.6 is 0 Å². The fraction of sp³-hybridized carbons (Fsp3) is 0.429. The third-order valence-electron chi connectivity index (χ3n) is 3.18. The summed E-state index contributed by atoms with van der Waals surface area (Å²) < 4.78 is 25.1. The maximum Gasteiger partial charge on any atom is 0.517 e. The van der Waals surface area contributed by atoms with Crippen LogP contribution in [-0.2, 0) is 9.47 Å². The highest BCUT2D eigenvalue weighted by Crippen LogP contribution is 2.41. The number of nitrogens with zero attached hydrogens (tertiary/aromatic N) is 1. The van der Waals surface area contributed by atoms with E-state index in [1.807, 2.05) is 0 Å². The van der Waals surface area contributed by atoms with Gasteiger partial charge in [-0.3, -0.25) is 4.90 Å². The monoisotopic (exact) mass is 311 g/mol. The number of benzene rings is 1. The van der Waals surface area contributed by atoms with Gasteiger partial charge < -0.3 is 23.7 Å². The Balaban J connectivity index is 2.50. The van der Waals surface area contributed by atoms with E-state index in [1.54, 1.807) is 19.1 Å². The second kappa shape index (κ2) is 6.42. The fourth-order valence-electron chi connectivity index (χ4n) is 2.16. The second-order valence-corrected chi connectivity index (χ2v) is 4.53. The van der Waals surface area contributed by atoms with E-state index in [-0.39, 0.29) is 6.61 Å². The Morgan fingerprint density at radius 1 is 1.09 bits per heavy atom. The summed E-state index contributed by atoms with van der Waals surface area (Å²) in [5.74, 6) is 1.17. The first-order chi connectivity index (χ1) is 10.5. The molecule has 0 spiro atoms. The number of carbonyl (C=O) groups is 2. The number of carbonyl (C=O) groups excluding carboxylic acids is 2. The van der Waals surface area contributed by atoms with E-state index >= 15 is 0 Å². The van der Waals surface area contributed by atoms with E-state index in [0.717, 1.165) is 0 Å². The van der Waals surface area contributed by atoms with Gasteiger partial charge in [0.25, 0.3) is 0 Å². The maximum atomic E-state index is 12.1. The minimum Gasteiger partial charge on any atom is -0.493 e. The van der Waals surface area contributed by atoms with Crippen LogP contribution in [0.4, 0.5) is 15.3 Å². The summed E-state index contributed by atoms with van der Waals surface area (Å²) in [4.78, 5) is 24.6. The largest absolute Gasteiger partial charge is 0.517 e. The van der Waals surface area contributed by atoms with Crippen molar-refractivity contribution in [2.75, 3.05) is 32.8 Å². The van der Waals surface area contributed by atoms with Gasteiger partial charge in [-0.05, 0) is 6.92 Å². The Kier molecular flexibility index (Phi) is 4.59. The van der Waals surface area contributed by atoms with E-state index < -0.39 is 18.3 Å². The Morgan fingerprint density at radius 2 is 1.68 bits per heavy atom. The lowest BCUT2D eigenvalue weighted by Gasteiger charge is -2.25. The van der Waals surface area contributed by atoms with Crippen molar-refractivity contribution in [1.82, 2.24) is 0 Å². The number of methoxy groups -OCH3 is 3. The van der Waals surface area contributed by atoms with Crippen molar-refractivity contribution in [3.63, 3.8) is 0 Å². The number of hydrogen-bond donors (Lipinski definition) is 0. The zero-order chi connectivity index (χ0) is 16.3. The highest BCUT2D eigenvalue weighted by molar-refractivity contribution is 5.95. The molecule has 1 aliphatic heterocycles. The molecule has 0 unspecified atom stereocenters. The molecule has 0 aliphatic carbocycles. The van der Waals surface area contributed by atoms with Crippen molar-refractivity contribution in [3.05, 3.63) is 12.1 Å². The smallest absolute Gasteiger partial charge is 0.493 e. The number of hydrogen-bond acceptors (Lipinski definition) is 7. The van der Waals surface area contributed by atoms with Crippen LogP contribution in [0.3, 0.4) is 0 Å². The van der Waals surface area contributed by atoms with Gasteiger partial charge in [-0.2, -0.15) is 0 Å². The zero-order valence-corrected chi connectivity index (χ0v) is 12.7. The molecule has 1 fully saturated rings. The molecule has 8 nitrogen and oxygen atoms in total. The van der Waals surface area contributed by atoms with Gasteiger partial charge in [-0.15, -0.1) is 0 Å². The molecular weight excluding hydrogens is 294 g/mol. The van der Waals surface area contributed by atoms with Gasteiger partial charge in [0.15, 0.2) is 11.5 Å². The first-order valence-corrected chi connectivity index (χ1v) is 6.49. The average molecular weight is 311 g/mol. The Bertz CT molecular complexity index is 562. The van der Waals surface area contributed by atoms with E-state index in [4.69, 9.17) is 18.9 Å². The molecule has 0 bridgehead atoms. The molecule has 1 aliphatic rings. The van der Waals surface area contributed by atoms with Crippen LogP contribution in [0.2, 0.25) is 0 Å².